The standard InChI is InChI=1S/C20H24N2OS2/c23-20(18-12-15-8-4-5-9-17(15)25-18)21-11-10-19-22-16(13-24-19)14-6-2-1-3-7-14/h4-5,8-9,13-14,18H,1-3,6-7,10-12H2,(H,21,23). The number of amides is 1. The van der Waals surface area contributed by atoms with Gasteiger partial charge in [0.2, 0.25) is 5.91 Å². The number of hydrogen-bond donors (Lipinski definition) is 1. The van der Waals surface area contributed by atoms with E-state index in [0.29, 0.717) is 12.5 Å². The molecule has 0 radical (unpaired) electrons. The Morgan fingerprint density at radius 1 is 1.20 bits per heavy atom. The Hall–Kier alpha value is -1.33. The topological polar surface area (TPSA) is 42.0 Å². The first-order valence-electron chi connectivity index (χ1n) is 9.26. The van der Waals surface area contributed by atoms with E-state index in [1.807, 2.05) is 12.1 Å². The highest BCUT2D eigenvalue weighted by Crippen LogP contribution is 2.36. The average molecular weight is 373 g/mol. The maximum absolute atomic E-state index is 12.4. The van der Waals surface area contributed by atoms with Crippen LogP contribution in [0.15, 0.2) is 34.5 Å². The lowest BCUT2D eigenvalue weighted by molar-refractivity contribution is -0.120. The Bertz CT molecular complexity index is 712. The molecule has 0 saturated heterocycles. The summed E-state index contributed by atoms with van der Waals surface area (Å²) in [4.78, 5) is 18.5. The van der Waals surface area contributed by atoms with E-state index in [1.54, 1.807) is 23.1 Å². The number of thiazole rings is 1. The van der Waals surface area contributed by atoms with E-state index in [0.717, 1.165) is 17.8 Å². The quantitative estimate of drug-likeness (QED) is 0.836. The zero-order valence-corrected chi connectivity index (χ0v) is 16.0. The van der Waals surface area contributed by atoms with Gasteiger partial charge < -0.3 is 5.32 Å². The number of fused-ring (bicyclic) bond motifs is 1. The van der Waals surface area contributed by atoms with Gasteiger partial charge in [-0.2, -0.15) is 0 Å². The first-order chi connectivity index (χ1) is 12.3. The number of thioether (sulfide) groups is 1. The fourth-order valence-corrected chi connectivity index (χ4v) is 5.86. The summed E-state index contributed by atoms with van der Waals surface area (Å²) in [6.07, 6.45) is 8.33. The summed E-state index contributed by atoms with van der Waals surface area (Å²) in [6, 6.07) is 8.32. The molecule has 1 aromatic heterocycles. The summed E-state index contributed by atoms with van der Waals surface area (Å²) in [7, 11) is 0. The molecule has 1 aliphatic carbocycles. The van der Waals surface area contributed by atoms with Crippen molar-refractivity contribution in [3.63, 3.8) is 0 Å². The second kappa shape index (κ2) is 7.92. The van der Waals surface area contributed by atoms with Crippen LogP contribution in [0, 0.1) is 0 Å². The number of carbonyl (C=O) groups excluding carboxylic acids is 1. The van der Waals surface area contributed by atoms with E-state index in [2.05, 4.69) is 22.8 Å². The molecule has 25 heavy (non-hydrogen) atoms. The van der Waals surface area contributed by atoms with Gasteiger partial charge >= 0.3 is 0 Å². The van der Waals surface area contributed by atoms with Crippen LogP contribution in [0.1, 0.15) is 54.3 Å². The Kier molecular flexibility index (Phi) is 5.42. The number of nitrogens with zero attached hydrogens (tertiary/aromatic N) is 1. The van der Waals surface area contributed by atoms with E-state index in [1.165, 1.54) is 48.3 Å². The van der Waals surface area contributed by atoms with Crippen molar-refractivity contribution in [1.29, 1.82) is 0 Å². The van der Waals surface area contributed by atoms with Gasteiger partial charge in [0.25, 0.3) is 0 Å². The molecular formula is C20H24N2OS2. The van der Waals surface area contributed by atoms with Crippen LogP contribution in [-0.4, -0.2) is 22.7 Å². The number of rotatable bonds is 5. The molecule has 0 spiro atoms. The van der Waals surface area contributed by atoms with E-state index in [9.17, 15) is 4.79 Å². The van der Waals surface area contributed by atoms with Crippen molar-refractivity contribution in [3.05, 3.63) is 45.9 Å². The largest absolute Gasteiger partial charge is 0.355 e. The second-order valence-electron chi connectivity index (χ2n) is 6.96. The molecule has 1 fully saturated rings. The van der Waals surface area contributed by atoms with Crippen LogP contribution in [0.4, 0.5) is 0 Å². The van der Waals surface area contributed by atoms with Crippen molar-refractivity contribution in [2.24, 2.45) is 0 Å². The van der Waals surface area contributed by atoms with Gasteiger partial charge in [-0.3, -0.25) is 4.79 Å². The summed E-state index contributed by atoms with van der Waals surface area (Å²) in [5.74, 6) is 0.826. The maximum Gasteiger partial charge on any atom is 0.233 e. The molecule has 2 heterocycles. The van der Waals surface area contributed by atoms with Crippen LogP contribution >= 0.6 is 23.1 Å². The van der Waals surface area contributed by atoms with Crippen LogP contribution in [0.2, 0.25) is 0 Å². The first-order valence-corrected chi connectivity index (χ1v) is 11.0. The van der Waals surface area contributed by atoms with Crippen LogP contribution in [0.3, 0.4) is 0 Å². The third-order valence-corrected chi connectivity index (χ3v) is 7.41. The van der Waals surface area contributed by atoms with Gasteiger partial charge in [0.1, 0.15) is 0 Å². The molecule has 2 aliphatic rings. The average Bonchev–Trinajstić information content (AvgIpc) is 3.29. The number of nitrogens with one attached hydrogen (secondary N) is 1. The lowest BCUT2D eigenvalue weighted by atomic mass is 9.87. The minimum Gasteiger partial charge on any atom is -0.355 e. The van der Waals surface area contributed by atoms with Crippen molar-refractivity contribution in [1.82, 2.24) is 10.3 Å². The Balaban J connectivity index is 1.24. The predicted molar refractivity (Wildman–Crippen MR) is 104 cm³/mol. The molecule has 1 saturated carbocycles. The molecule has 4 rings (SSSR count). The van der Waals surface area contributed by atoms with Crippen molar-refractivity contribution in [2.75, 3.05) is 6.54 Å². The van der Waals surface area contributed by atoms with E-state index in [4.69, 9.17) is 4.98 Å². The molecule has 1 aromatic carbocycles. The zero-order valence-electron chi connectivity index (χ0n) is 14.4. The second-order valence-corrected chi connectivity index (χ2v) is 9.15. The summed E-state index contributed by atoms with van der Waals surface area (Å²) < 4.78 is 0. The Morgan fingerprint density at radius 3 is 2.88 bits per heavy atom. The van der Waals surface area contributed by atoms with Gasteiger partial charge in [0.15, 0.2) is 0 Å². The van der Waals surface area contributed by atoms with Gasteiger partial charge in [-0.05, 0) is 30.9 Å². The summed E-state index contributed by atoms with van der Waals surface area (Å²) in [5, 5.41) is 6.51. The fraction of sp³-hybridized carbons (Fsp3) is 0.500. The normalized spacial score (nSPS) is 20.4. The molecule has 1 atom stereocenters. The third kappa shape index (κ3) is 4.09. The Labute approximate surface area is 157 Å². The van der Waals surface area contributed by atoms with Crippen LogP contribution in [0.25, 0.3) is 0 Å². The summed E-state index contributed by atoms with van der Waals surface area (Å²) in [5.41, 5.74) is 2.58. The smallest absolute Gasteiger partial charge is 0.233 e. The van der Waals surface area contributed by atoms with Crippen molar-refractivity contribution in [3.8, 4) is 0 Å². The van der Waals surface area contributed by atoms with Gasteiger partial charge in [-0.25, -0.2) is 4.98 Å². The highest BCUT2D eigenvalue weighted by Gasteiger charge is 2.27. The number of aromatic nitrogens is 1. The van der Waals surface area contributed by atoms with Crippen LogP contribution in [0.5, 0.6) is 0 Å². The molecule has 0 bridgehead atoms. The Morgan fingerprint density at radius 2 is 2.04 bits per heavy atom. The van der Waals surface area contributed by atoms with Gasteiger partial charge in [0.05, 0.1) is 16.0 Å². The first kappa shape index (κ1) is 17.1. The van der Waals surface area contributed by atoms with Crippen molar-refractivity contribution in [2.45, 2.75) is 61.0 Å². The predicted octanol–water partition coefficient (Wildman–Crippen LogP) is 4.57. The highest BCUT2D eigenvalue weighted by molar-refractivity contribution is 8.01. The van der Waals surface area contributed by atoms with Gasteiger partial charge in [0, 0.05) is 29.2 Å². The molecule has 132 valence electrons. The maximum atomic E-state index is 12.4. The number of carbonyl (C=O) groups is 1. The molecule has 1 unspecified atom stereocenters. The minimum atomic E-state index is 0.0199. The lowest BCUT2D eigenvalue weighted by Crippen LogP contribution is -2.33. The van der Waals surface area contributed by atoms with E-state index >= 15 is 0 Å². The SMILES string of the molecule is O=C(NCCc1nc(C2CCCCC2)cs1)C1Cc2ccccc2S1. The fourth-order valence-electron chi connectivity index (χ4n) is 3.76. The van der Waals surface area contributed by atoms with Gasteiger partial charge in [-0.15, -0.1) is 23.1 Å². The summed E-state index contributed by atoms with van der Waals surface area (Å²) >= 11 is 3.44. The monoisotopic (exact) mass is 372 g/mol. The zero-order chi connectivity index (χ0) is 17.1. The number of hydrogen-bond acceptors (Lipinski definition) is 4. The van der Waals surface area contributed by atoms with E-state index in [-0.39, 0.29) is 11.2 Å². The molecule has 1 aliphatic heterocycles. The highest BCUT2D eigenvalue weighted by atomic mass is 32.2. The van der Waals surface area contributed by atoms with Crippen molar-refractivity contribution >= 4 is 29.0 Å². The van der Waals surface area contributed by atoms with Gasteiger partial charge in [-0.1, -0.05) is 37.5 Å². The number of benzene rings is 1. The van der Waals surface area contributed by atoms with E-state index < -0.39 is 0 Å². The molecular weight excluding hydrogens is 348 g/mol. The van der Waals surface area contributed by atoms with Crippen LogP contribution in [-0.2, 0) is 17.6 Å². The summed E-state index contributed by atoms with van der Waals surface area (Å²) in [6.45, 7) is 0.684. The molecule has 2 aromatic rings. The molecule has 5 heteroatoms. The molecule has 1 N–H and O–H groups in total. The minimum absolute atomic E-state index is 0.0199. The molecule has 3 nitrogen and oxygen atoms in total. The van der Waals surface area contributed by atoms with Crippen molar-refractivity contribution < 1.29 is 4.79 Å². The lowest BCUT2D eigenvalue weighted by Gasteiger charge is -2.19. The third-order valence-electron chi connectivity index (χ3n) is 5.17. The van der Waals surface area contributed by atoms with Crippen LogP contribution < -0.4 is 5.32 Å². The molecule has 1 amide bonds.